The Morgan fingerprint density at radius 1 is 1.60 bits per heavy atom. The summed E-state index contributed by atoms with van der Waals surface area (Å²) in [6.45, 7) is 6.65. The number of hydrogen-bond acceptors (Lipinski definition) is 3. The number of nitrogens with zero attached hydrogens (tertiary/aromatic N) is 1. The molecule has 0 saturated heterocycles. The molecule has 0 bridgehead atoms. The molecule has 0 fully saturated rings. The minimum atomic E-state index is 0.316. The van der Waals surface area contributed by atoms with Crippen LogP contribution in [0.15, 0.2) is 24.3 Å². The first kappa shape index (κ1) is 12.0. The Hall–Kier alpha value is -1.06. The van der Waals surface area contributed by atoms with Gasteiger partial charge in [-0.05, 0) is 13.0 Å². The van der Waals surface area contributed by atoms with Crippen molar-refractivity contribution in [2.75, 3.05) is 6.61 Å². The maximum atomic E-state index is 5.87. The highest BCUT2D eigenvalue weighted by molar-refractivity contribution is 6.31. The molecule has 3 nitrogen and oxygen atoms in total. The number of ether oxygens (including phenoxy) is 1. The van der Waals surface area contributed by atoms with E-state index in [0.29, 0.717) is 29.7 Å². The van der Waals surface area contributed by atoms with Gasteiger partial charge in [0.05, 0.1) is 17.3 Å². The number of pyridine rings is 1. The highest BCUT2D eigenvalue weighted by atomic mass is 35.5. The quantitative estimate of drug-likeness (QED) is 0.785. The molecule has 0 radical (unpaired) electrons. The molecule has 1 aromatic rings. The SMILES string of the molecule is C=C(C)CCOc1ccc(Cl)c(CN)n1. The Balaban J connectivity index is 2.58. The minimum absolute atomic E-state index is 0.316. The van der Waals surface area contributed by atoms with Gasteiger partial charge in [0.25, 0.3) is 0 Å². The van der Waals surface area contributed by atoms with Crippen molar-refractivity contribution < 1.29 is 4.74 Å². The fourth-order valence-electron chi connectivity index (χ4n) is 1.02. The summed E-state index contributed by atoms with van der Waals surface area (Å²) in [6, 6.07) is 3.48. The van der Waals surface area contributed by atoms with E-state index in [1.54, 1.807) is 12.1 Å². The van der Waals surface area contributed by atoms with Crippen molar-refractivity contribution >= 4 is 11.6 Å². The molecule has 2 N–H and O–H groups in total. The molecule has 0 aliphatic carbocycles. The molecule has 1 aromatic heterocycles. The molecular formula is C11H15ClN2O. The van der Waals surface area contributed by atoms with E-state index in [1.807, 2.05) is 6.92 Å². The lowest BCUT2D eigenvalue weighted by atomic mass is 10.3. The molecule has 0 saturated carbocycles. The minimum Gasteiger partial charge on any atom is -0.477 e. The Morgan fingerprint density at radius 2 is 2.33 bits per heavy atom. The van der Waals surface area contributed by atoms with Gasteiger partial charge in [-0.15, -0.1) is 6.58 Å². The van der Waals surface area contributed by atoms with Crippen LogP contribution in [0, 0.1) is 0 Å². The molecule has 1 rings (SSSR count). The molecule has 4 heteroatoms. The van der Waals surface area contributed by atoms with Crippen molar-refractivity contribution in [2.24, 2.45) is 5.73 Å². The lowest BCUT2D eigenvalue weighted by molar-refractivity contribution is 0.308. The Labute approximate surface area is 94.9 Å². The van der Waals surface area contributed by atoms with Crippen molar-refractivity contribution in [1.82, 2.24) is 4.98 Å². The van der Waals surface area contributed by atoms with Crippen molar-refractivity contribution in [3.63, 3.8) is 0 Å². The van der Waals surface area contributed by atoms with Gasteiger partial charge >= 0.3 is 0 Å². The van der Waals surface area contributed by atoms with Gasteiger partial charge in [-0.25, -0.2) is 4.98 Å². The van der Waals surface area contributed by atoms with Crippen LogP contribution in [0.3, 0.4) is 0 Å². The third-order valence-electron chi connectivity index (χ3n) is 1.87. The number of nitrogens with two attached hydrogens (primary N) is 1. The summed E-state index contributed by atoms with van der Waals surface area (Å²) in [5.41, 5.74) is 7.22. The van der Waals surface area contributed by atoms with Crippen LogP contribution in [0.2, 0.25) is 5.02 Å². The Bertz CT molecular complexity index is 352. The molecule has 0 spiro atoms. The molecular weight excluding hydrogens is 212 g/mol. The standard InChI is InChI=1S/C11H15ClN2O/c1-8(2)5-6-15-11-4-3-9(12)10(7-13)14-11/h3-4H,1,5-7,13H2,2H3. The molecule has 0 atom stereocenters. The van der Waals surface area contributed by atoms with E-state index in [-0.39, 0.29) is 0 Å². The third-order valence-corrected chi connectivity index (χ3v) is 2.21. The molecule has 82 valence electrons. The summed E-state index contributed by atoms with van der Waals surface area (Å²) in [5.74, 6) is 0.557. The predicted molar refractivity (Wildman–Crippen MR) is 62.1 cm³/mol. The van der Waals surface area contributed by atoms with Gasteiger partial charge in [0.2, 0.25) is 5.88 Å². The topological polar surface area (TPSA) is 48.1 Å². The van der Waals surface area contributed by atoms with Crippen LogP contribution in [0.4, 0.5) is 0 Å². The van der Waals surface area contributed by atoms with Crippen LogP contribution < -0.4 is 10.5 Å². The van der Waals surface area contributed by atoms with Crippen LogP contribution in [0.5, 0.6) is 5.88 Å². The summed E-state index contributed by atoms with van der Waals surface area (Å²) < 4.78 is 5.43. The van der Waals surface area contributed by atoms with Gasteiger partial charge in [0, 0.05) is 19.0 Å². The summed E-state index contributed by atoms with van der Waals surface area (Å²) >= 11 is 5.87. The van der Waals surface area contributed by atoms with E-state index in [9.17, 15) is 0 Å². The Kier molecular flexibility index (Phi) is 4.59. The molecule has 0 aromatic carbocycles. The van der Waals surface area contributed by atoms with Gasteiger partial charge in [-0.3, -0.25) is 0 Å². The zero-order valence-corrected chi connectivity index (χ0v) is 9.55. The maximum Gasteiger partial charge on any atom is 0.213 e. The first-order valence-corrected chi connectivity index (χ1v) is 5.14. The van der Waals surface area contributed by atoms with Crippen molar-refractivity contribution in [3.05, 3.63) is 35.0 Å². The lowest BCUT2D eigenvalue weighted by Crippen LogP contribution is -2.04. The molecule has 0 unspecified atom stereocenters. The van der Waals surface area contributed by atoms with E-state index in [2.05, 4.69) is 11.6 Å². The number of halogens is 1. The lowest BCUT2D eigenvalue weighted by Gasteiger charge is -2.07. The average molecular weight is 227 g/mol. The number of aromatic nitrogens is 1. The first-order chi connectivity index (χ1) is 7.13. The fourth-order valence-corrected chi connectivity index (χ4v) is 1.20. The normalized spacial score (nSPS) is 10.1. The van der Waals surface area contributed by atoms with Crippen molar-refractivity contribution in [2.45, 2.75) is 19.9 Å². The van der Waals surface area contributed by atoms with E-state index in [1.165, 1.54) is 0 Å². The van der Waals surface area contributed by atoms with Gasteiger partial charge in [-0.2, -0.15) is 0 Å². The average Bonchev–Trinajstić information content (AvgIpc) is 2.20. The van der Waals surface area contributed by atoms with Crippen LogP contribution in [-0.2, 0) is 6.54 Å². The second-order valence-corrected chi connectivity index (χ2v) is 3.74. The monoisotopic (exact) mass is 226 g/mol. The van der Waals surface area contributed by atoms with Crippen LogP contribution in [-0.4, -0.2) is 11.6 Å². The highest BCUT2D eigenvalue weighted by Crippen LogP contribution is 2.17. The van der Waals surface area contributed by atoms with Crippen LogP contribution in [0.1, 0.15) is 19.0 Å². The van der Waals surface area contributed by atoms with Crippen molar-refractivity contribution in [1.29, 1.82) is 0 Å². The van der Waals surface area contributed by atoms with Gasteiger partial charge in [-0.1, -0.05) is 17.2 Å². The molecule has 1 heterocycles. The first-order valence-electron chi connectivity index (χ1n) is 4.76. The zero-order chi connectivity index (χ0) is 11.3. The molecule has 0 amide bonds. The fraction of sp³-hybridized carbons (Fsp3) is 0.364. The molecule has 0 aliphatic heterocycles. The number of hydrogen-bond donors (Lipinski definition) is 1. The van der Waals surface area contributed by atoms with Crippen LogP contribution >= 0.6 is 11.6 Å². The zero-order valence-electron chi connectivity index (χ0n) is 8.79. The van der Waals surface area contributed by atoms with Gasteiger partial charge in [0.1, 0.15) is 0 Å². The van der Waals surface area contributed by atoms with E-state index in [4.69, 9.17) is 22.1 Å². The smallest absolute Gasteiger partial charge is 0.213 e. The summed E-state index contributed by atoms with van der Waals surface area (Å²) in [5, 5.41) is 0.574. The van der Waals surface area contributed by atoms with E-state index < -0.39 is 0 Å². The predicted octanol–water partition coefficient (Wildman–Crippen LogP) is 2.54. The second kappa shape index (κ2) is 5.73. The van der Waals surface area contributed by atoms with E-state index in [0.717, 1.165) is 12.0 Å². The molecule has 15 heavy (non-hydrogen) atoms. The Morgan fingerprint density at radius 3 is 2.93 bits per heavy atom. The maximum absolute atomic E-state index is 5.87. The summed E-state index contributed by atoms with van der Waals surface area (Å²) in [7, 11) is 0. The van der Waals surface area contributed by atoms with Gasteiger partial charge < -0.3 is 10.5 Å². The number of rotatable bonds is 5. The van der Waals surface area contributed by atoms with Crippen molar-refractivity contribution in [3.8, 4) is 5.88 Å². The van der Waals surface area contributed by atoms with Gasteiger partial charge in [0.15, 0.2) is 0 Å². The third kappa shape index (κ3) is 3.90. The summed E-state index contributed by atoms with van der Waals surface area (Å²) in [6.07, 6.45) is 0.822. The highest BCUT2D eigenvalue weighted by Gasteiger charge is 2.02. The molecule has 0 aliphatic rings. The second-order valence-electron chi connectivity index (χ2n) is 3.34. The van der Waals surface area contributed by atoms with E-state index >= 15 is 0 Å². The van der Waals surface area contributed by atoms with Crippen LogP contribution in [0.25, 0.3) is 0 Å². The summed E-state index contributed by atoms with van der Waals surface area (Å²) in [4.78, 5) is 4.18. The largest absolute Gasteiger partial charge is 0.477 e.